The number of nitrogens with zero attached hydrogens (tertiary/aromatic N) is 1. The van der Waals surface area contributed by atoms with Gasteiger partial charge < -0.3 is 15.5 Å². The Bertz CT molecular complexity index is 875. The predicted octanol–water partition coefficient (Wildman–Crippen LogP) is 2.59. The quantitative estimate of drug-likeness (QED) is 0.792. The lowest BCUT2D eigenvalue weighted by Crippen LogP contribution is -2.48. The van der Waals surface area contributed by atoms with Crippen molar-refractivity contribution in [3.63, 3.8) is 0 Å². The average molecular weight is 393 g/mol. The maximum atomic E-state index is 12.7. The van der Waals surface area contributed by atoms with Gasteiger partial charge in [-0.15, -0.1) is 0 Å². The van der Waals surface area contributed by atoms with Crippen LogP contribution in [-0.2, 0) is 20.8 Å². The van der Waals surface area contributed by atoms with E-state index in [2.05, 4.69) is 10.6 Å². The minimum Gasteiger partial charge on any atom is -0.345 e. The van der Waals surface area contributed by atoms with Gasteiger partial charge in [-0.1, -0.05) is 48.5 Å². The summed E-state index contributed by atoms with van der Waals surface area (Å²) in [6, 6.07) is 14.8. The number of likely N-dealkylation sites (tertiary alicyclic amines) is 1. The standard InChI is InChI=1S/C23H27N3O3/c1-16-8-6-9-17(2)22(16)25-20(27)15-24-23(29)19-12-7-13-26(19)21(28)14-18-10-4-3-5-11-18/h3-6,8-11,19H,7,12-15H2,1-2H3,(H,24,29)(H,25,27). The first kappa shape index (κ1) is 20.6. The Labute approximate surface area is 171 Å². The topological polar surface area (TPSA) is 78.5 Å². The summed E-state index contributed by atoms with van der Waals surface area (Å²) < 4.78 is 0. The fourth-order valence-corrected chi connectivity index (χ4v) is 3.69. The van der Waals surface area contributed by atoms with Crippen LogP contribution in [0.2, 0.25) is 0 Å². The minimum absolute atomic E-state index is 0.0613. The van der Waals surface area contributed by atoms with E-state index in [0.717, 1.165) is 28.8 Å². The van der Waals surface area contributed by atoms with Crippen molar-refractivity contribution in [2.24, 2.45) is 0 Å². The lowest BCUT2D eigenvalue weighted by molar-refractivity contribution is -0.138. The van der Waals surface area contributed by atoms with Crippen LogP contribution in [-0.4, -0.2) is 41.8 Å². The normalized spacial score (nSPS) is 15.8. The molecule has 0 bridgehead atoms. The molecule has 0 saturated carbocycles. The van der Waals surface area contributed by atoms with E-state index in [4.69, 9.17) is 0 Å². The zero-order valence-corrected chi connectivity index (χ0v) is 16.9. The van der Waals surface area contributed by atoms with Gasteiger partial charge in [-0.25, -0.2) is 0 Å². The van der Waals surface area contributed by atoms with Crippen molar-refractivity contribution in [2.45, 2.75) is 39.2 Å². The zero-order valence-electron chi connectivity index (χ0n) is 16.9. The molecule has 2 aromatic rings. The molecule has 1 aliphatic rings. The second-order valence-corrected chi connectivity index (χ2v) is 7.44. The third kappa shape index (κ3) is 5.22. The van der Waals surface area contributed by atoms with Crippen LogP contribution in [0.1, 0.15) is 29.5 Å². The Morgan fingerprint density at radius 2 is 1.69 bits per heavy atom. The average Bonchev–Trinajstić information content (AvgIpc) is 3.20. The Kier molecular flexibility index (Phi) is 6.65. The number of aryl methyl sites for hydroxylation is 2. The van der Waals surface area contributed by atoms with Crippen molar-refractivity contribution < 1.29 is 14.4 Å². The summed E-state index contributed by atoms with van der Waals surface area (Å²) in [6.07, 6.45) is 1.68. The monoisotopic (exact) mass is 393 g/mol. The predicted molar refractivity (Wildman–Crippen MR) is 112 cm³/mol. The highest BCUT2D eigenvalue weighted by molar-refractivity contribution is 5.97. The molecule has 3 rings (SSSR count). The number of anilines is 1. The van der Waals surface area contributed by atoms with Gasteiger partial charge in [0.15, 0.2) is 0 Å². The molecule has 0 aromatic heterocycles. The van der Waals surface area contributed by atoms with Crippen LogP contribution in [0.15, 0.2) is 48.5 Å². The Hall–Kier alpha value is -3.15. The first-order valence-corrected chi connectivity index (χ1v) is 9.93. The molecule has 1 atom stereocenters. The van der Waals surface area contributed by atoms with Crippen molar-refractivity contribution in [1.29, 1.82) is 0 Å². The second kappa shape index (κ2) is 9.37. The smallest absolute Gasteiger partial charge is 0.243 e. The largest absolute Gasteiger partial charge is 0.345 e. The third-order valence-electron chi connectivity index (χ3n) is 5.24. The lowest BCUT2D eigenvalue weighted by Gasteiger charge is -2.24. The highest BCUT2D eigenvalue weighted by Crippen LogP contribution is 2.20. The maximum absolute atomic E-state index is 12.7. The number of rotatable bonds is 6. The van der Waals surface area contributed by atoms with Crippen LogP contribution in [0.25, 0.3) is 0 Å². The number of hydrogen-bond acceptors (Lipinski definition) is 3. The molecular weight excluding hydrogens is 366 g/mol. The molecule has 3 amide bonds. The number of nitrogens with one attached hydrogen (secondary N) is 2. The molecule has 1 fully saturated rings. The van der Waals surface area contributed by atoms with Gasteiger partial charge >= 0.3 is 0 Å². The van der Waals surface area contributed by atoms with Gasteiger partial charge in [0.25, 0.3) is 0 Å². The van der Waals surface area contributed by atoms with E-state index >= 15 is 0 Å². The van der Waals surface area contributed by atoms with E-state index in [9.17, 15) is 14.4 Å². The Morgan fingerprint density at radius 3 is 2.38 bits per heavy atom. The fourth-order valence-electron chi connectivity index (χ4n) is 3.69. The molecule has 1 heterocycles. The van der Waals surface area contributed by atoms with Gasteiger partial charge in [-0.05, 0) is 43.4 Å². The van der Waals surface area contributed by atoms with E-state index in [0.29, 0.717) is 13.0 Å². The molecule has 1 unspecified atom stereocenters. The fraction of sp³-hybridized carbons (Fsp3) is 0.348. The molecule has 1 saturated heterocycles. The van der Waals surface area contributed by atoms with E-state index in [-0.39, 0.29) is 30.7 Å². The molecule has 6 heteroatoms. The maximum Gasteiger partial charge on any atom is 0.243 e. The van der Waals surface area contributed by atoms with Gasteiger partial charge in [0.2, 0.25) is 17.7 Å². The second-order valence-electron chi connectivity index (χ2n) is 7.44. The van der Waals surface area contributed by atoms with Crippen LogP contribution in [0.3, 0.4) is 0 Å². The minimum atomic E-state index is -0.515. The molecule has 1 aliphatic heterocycles. The first-order chi connectivity index (χ1) is 14.0. The number of para-hydroxylation sites is 1. The van der Waals surface area contributed by atoms with Gasteiger partial charge in [0, 0.05) is 12.2 Å². The molecule has 2 aromatic carbocycles. The van der Waals surface area contributed by atoms with E-state index in [1.807, 2.05) is 62.4 Å². The Morgan fingerprint density at radius 1 is 1.00 bits per heavy atom. The number of carbonyl (C=O) groups is 3. The van der Waals surface area contributed by atoms with E-state index in [1.54, 1.807) is 4.90 Å². The summed E-state index contributed by atoms with van der Waals surface area (Å²) >= 11 is 0. The molecule has 0 aliphatic carbocycles. The number of hydrogen-bond donors (Lipinski definition) is 2. The summed E-state index contributed by atoms with van der Waals surface area (Å²) in [5.74, 6) is -0.620. The van der Waals surface area contributed by atoms with E-state index in [1.165, 1.54) is 0 Å². The lowest BCUT2D eigenvalue weighted by atomic mass is 10.1. The molecule has 0 radical (unpaired) electrons. The first-order valence-electron chi connectivity index (χ1n) is 9.93. The Balaban J connectivity index is 1.54. The summed E-state index contributed by atoms with van der Waals surface area (Å²) in [4.78, 5) is 39.2. The van der Waals surface area contributed by atoms with Gasteiger partial charge in [-0.3, -0.25) is 14.4 Å². The van der Waals surface area contributed by atoms with Gasteiger partial charge in [-0.2, -0.15) is 0 Å². The number of amides is 3. The summed E-state index contributed by atoms with van der Waals surface area (Å²) in [5.41, 5.74) is 3.64. The van der Waals surface area contributed by atoms with Crippen LogP contribution >= 0.6 is 0 Å². The molecule has 2 N–H and O–H groups in total. The van der Waals surface area contributed by atoms with Crippen LogP contribution in [0, 0.1) is 13.8 Å². The van der Waals surface area contributed by atoms with Crippen molar-refractivity contribution >= 4 is 23.4 Å². The molecule has 152 valence electrons. The summed E-state index contributed by atoms with van der Waals surface area (Å²) in [6.45, 7) is 4.30. The molecule has 29 heavy (non-hydrogen) atoms. The van der Waals surface area contributed by atoms with Crippen LogP contribution < -0.4 is 10.6 Å². The third-order valence-corrected chi connectivity index (χ3v) is 5.24. The van der Waals surface area contributed by atoms with Crippen LogP contribution in [0.4, 0.5) is 5.69 Å². The highest BCUT2D eigenvalue weighted by atomic mass is 16.2. The molecule has 0 spiro atoms. The highest BCUT2D eigenvalue weighted by Gasteiger charge is 2.33. The van der Waals surface area contributed by atoms with Crippen molar-refractivity contribution in [2.75, 3.05) is 18.4 Å². The van der Waals surface area contributed by atoms with Crippen LogP contribution in [0.5, 0.6) is 0 Å². The van der Waals surface area contributed by atoms with Crippen molar-refractivity contribution in [3.05, 3.63) is 65.2 Å². The zero-order chi connectivity index (χ0) is 20.8. The summed E-state index contributed by atoms with van der Waals surface area (Å²) in [7, 11) is 0. The molecule has 6 nitrogen and oxygen atoms in total. The van der Waals surface area contributed by atoms with E-state index < -0.39 is 6.04 Å². The van der Waals surface area contributed by atoms with Crippen molar-refractivity contribution in [3.8, 4) is 0 Å². The molecular formula is C23H27N3O3. The SMILES string of the molecule is Cc1cccc(C)c1NC(=O)CNC(=O)C1CCCN1C(=O)Cc1ccccc1. The van der Waals surface area contributed by atoms with Gasteiger partial charge in [0.05, 0.1) is 13.0 Å². The number of carbonyl (C=O) groups excluding carboxylic acids is 3. The summed E-state index contributed by atoms with van der Waals surface area (Å²) in [5, 5.41) is 5.54. The van der Waals surface area contributed by atoms with Gasteiger partial charge in [0.1, 0.15) is 6.04 Å². The van der Waals surface area contributed by atoms with Crippen molar-refractivity contribution in [1.82, 2.24) is 10.2 Å². The number of benzene rings is 2.